The lowest BCUT2D eigenvalue weighted by Crippen LogP contribution is -2.29. The fourth-order valence-corrected chi connectivity index (χ4v) is 4.17. The molecule has 3 N–H and O–H groups in total. The Hall–Kier alpha value is -3.20. The number of nitrogens with zero attached hydrogens (tertiary/aromatic N) is 1. The molecule has 0 aromatic heterocycles. The number of amides is 2. The predicted molar refractivity (Wildman–Crippen MR) is 108 cm³/mol. The summed E-state index contributed by atoms with van der Waals surface area (Å²) < 4.78 is 26.7. The van der Waals surface area contributed by atoms with E-state index in [4.69, 9.17) is 0 Å². The molecule has 1 saturated carbocycles. The second-order valence-electron chi connectivity index (χ2n) is 7.07. The summed E-state index contributed by atoms with van der Waals surface area (Å²) in [4.78, 5) is 28.9. The maximum atomic E-state index is 12.5. The van der Waals surface area contributed by atoms with Gasteiger partial charge < -0.3 is 10.6 Å². The normalized spacial score (nSPS) is 19.1. The smallest absolute Gasteiger partial charge is 0.263 e. The molecule has 8 nitrogen and oxygen atoms in total. The van der Waals surface area contributed by atoms with Crippen LogP contribution in [0.4, 0.5) is 5.69 Å². The van der Waals surface area contributed by atoms with E-state index in [9.17, 15) is 18.0 Å². The Morgan fingerprint density at radius 3 is 2.48 bits per heavy atom. The van der Waals surface area contributed by atoms with E-state index in [1.165, 1.54) is 6.07 Å². The summed E-state index contributed by atoms with van der Waals surface area (Å²) in [5, 5.41) is 5.63. The Bertz CT molecular complexity index is 1110. The number of anilines is 1. The molecule has 0 saturated heterocycles. The van der Waals surface area contributed by atoms with E-state index in [2.05, 4.69) is 20.3 Å². The zero-order chi connectivity index (χ0) is 20.6. The Morgan fingerprint density at radius 2 is 1.79 bits per heavy atom. The predicted octanol–water partition coefficient (Wildman–Crippen LogP) is 1.64. The molecule has 0 spiro atoms. The summed E-state index contributed by atoms with van der Waals surface area (Å²) in [6.07, 6.45) is 2.03. The highest BCUT2D eigenvalue weighted by molar-refractivity contribution is 7.90. The standard InChI is InChI=1S/C20H20N4O4S/c1-12(21-18-16-4-2-3-5-17(16)29(27,28)24-18)19(25)22-14-8-6-13(7-9-14)20(26)23-15-10-11-15/h2-9,12,15H,10-11H2,1H3,(H,21,24)(H,22,25)(H,23,26)/t12-/m0/s1. The summed E-state index contributed by atoms with van der Waals surface area (Å²) in [5.41, 5.74) is 1.50. The van der Waals surface area contributed by atoms with Crippen LogP contribution in [0.2, 0.25) is 0 Å². The minimum Gasteiger partial charge on any atom is -0.349 e. The topological polar surface area (TPSA) is 117 Å². The quantitative estimate of drug-likeness (QED) is 0.692. The first-order chi connectivity index (χ1) is 13.8. The van der Waals surface area contributed by atoms with Crippen LogP contribution in [0.5, 0.6) is 0 Å². The van der Waals surface area contributed by atoms with Gasteiger partial charge in [0.25, 0.3) is 15.9 Å². The van der Waals surface area contributed by atoms with Crippen molar-refractivity contribution in [2.75, 3.05) is 5.32 Å². The lowest BCUT2D eigenvalue weighted by atomic mass is 10.2. The average Bonchev–Trinajstić information content (AvgIpc) is 3.47. The van der Waals surface area contributed by atoms with Crippen molar-refractivity contribution in [1.82, 2.24) is 10.0 Å². The summed E-state index contributed by atoms with van der Waals surface area (Å²) in [6.45, 7) is 1.58. The number of amidine groups is 1. The number of carbonyl (C=O) groups excluding carboxylic acids is 2. The van der Waals surface area contributed by atoms with Gasteiger partial charge in [0, 0.05) is 22.9 Å². The number of sulfonamides is 1. The molecule has 2 aromatic rings. The first-order valence-electron chi connectivity index (χ1n) is 9.25. The number of nitrogens with one attached hydrogen (secondary N) is 3. The van der Waals surface area contributed by atoms with Crippen LogP contribution < -0.4 is 15.4 Å². The number of hydrogen-bond acceptors (Lipinski definition) is 5. The van der Waals surface area contributed by atoms with Crippen LogP contribution in [-0.2, 0) is 14.8 Å². The Labute approximate surface area is 168 Å². The van der Waals surface area contributed by atoms with Gasteiger partial charge in [-0.25, -0.2) is 8.42 Å². The third kappa shape index (κ3) is 4.14. The Kier molecular flexibility index (Phi) is 4.83. The maximum Gasteiger partial charge on any atom is 0.263 e. The minimum absolute atomic E-state index is 0.127. The fraction of sp³-hybridized carbons (Fsp3) is 0.250. The Balaban J connectivity index is 1.43. The number of hydrogen-bond donors (Lipinski definition) is 3. The lowest BCUT2D eigenvalue weighted by Gasteiger charge is -2.10. The van der Waals surface area contributed by atoms with Crippen LogP contribution in [0.3, 0.4) is 0 Å². The van der Waals surface area contributed by atoms with E-state index >= 15 is 0 Å². The van der Waals surface area contributed by atoms with E-state index in [1.807, 2.05) is 0 Å². The number of rotatable bonds is 5. The molecule has 29 heavy (non-hydrogen) atoms. The second kappa shape index (κ2) is 7.32. The zero-order valence-electron chi connectivity index (χ0n) is 15.7. The number of aliphatic imine (C=N–C) groups is 1. The molecule has 4 rings (SSSR count). The monoisotopic (exact) mass is 412 g/mol. The summed E-state index contributed by atoms with van der Waals surface area (Å²) >= 11 is 0. The first kappa shape index (κ1) is 19.1. The van der Waals surface area contributed by atoms with Gasteiger partial charge >= 0.3 is 0 Å². The molecule has 2 amide bonds. The van der Waals surface area contributed by atoms with E-state index in [0.717, 1.165) is 12.8 Å². The van der Waals surface area contributed by atoms with Crippen molar-refractivity contribution in [2.45, 2.75) is 36.7 Å². The highest BCUT2D eigenvalue weighted by Crippen LogP contribution is 2.23. The van der Waals surface area contributed by atoms with Crippen molar-refractivity contribution >= 4 is 33.4 Å². The maximum absolute atomic E-state index is 12.5. The molecule has 1 fully saturated rings. The van der Waals surface area contributed by atoms with Crippen LogP contribution in [0.25, 0.3) is 0 Å². The van der Waals surface area contributed by atoms with Crippen molar-refractivity contribution < 1.29 is 18.0 Å². The van der Waals surface area contributed by atoms with Crippen molar-refractivity contribution in [3.05, 3.63) is 59.7 Å². The van der Waals surface area contributed by atoms with Gasteiger partial charge in [0.1, 0.15) is 11.9 Å². The molecule has 0 radical (unpaired) electrons. The summed E-state index contributed by atoms with van der Waals surface area (Å²) in [6, 6.07) is 12.5. The molecular weight excluding hydrogens is 392 g/mol. The van der Waals surface area contributed by atoms with Gasteiger partial charge in [-0.2, -0.15) is 0 Å². The van der Waals surface area contributed by atoms with Crippen LogP contribution in [0.15, 0.2) is 58.4 Å². The van der Waals surface area contributed by atoms with E-state index in [0.29, 0.717) is 16.8 Å². The third-order valence-corrected chi connectivity index (χ3v) is 6.09. The fourth-order valence-electron chi connectivity index (χ4n) is 2.93. The molecule has 0 bridgehead atoms. The van der Waals surface area contributed by atoms with Crippen LogP contribution in [0, 0.1) is 0 Å². The molecule has 9 heteroatoms. The average molecular weight is 412 g/mol. The molecule has 1 atom stereocenters. The second-order valence-corrected chi connectivity index (χ2v) is 8.72. The summed E-state index contributed by atoms with van der Waals surface area (Å²) in [7, 11) is -3.65. The van der Waals surface area contributed by atoms with Gasteiger partial charge in [-0.05, 0) is 56.2 Å². The van der Waals surface area contributed by atoms with Crippen LogP contribution in [-0.4, -0.2) is 38.2 Å². The molecule has 2 aromatic carbocycles. The molecule has 150 valence electrons. The molecule has 0 unspecified atom stereocenters. The van der Waals surface area contributed by atoms with E-state index in [-0.39, 0.29) is 22.7 Å². The number of benzene rings is 2. The zero-order valence-corrected chi connectivity index (χ0v) is 16.5. The van der Waals surface area contributed by atoms with Crippen molar-refractivity contribution in [1.29, 1.82) is 0 Å². The van der Waals surface area contributed by atoms with Crippen LogP contribution >= 0.6 is 0 Å². The summed E-state index contributed by atoms with van der Waals surface area (Å²) in [5.74, 6) is -0.371. The molecular formula is C20H20N4O4S. The van der Waals surface area contributed by atoms with Gasteiger partial charge in [0.2, 0.25) is 5.91 Å². The van der Waals surface area contributed by atoms with E-state index < -0.39 is 22.0 Å². The van der Waals surface area contributed by atoms with Crippen molar-refractivity contribution in [3.63, 3.8) is 0 Å². The third-order valence-electron chi connectivity index (χ3n) is 4.69. The minimum atomic E-state index is -3.65. The number of fused-ring (bicyclic) bond motifs is 1. The highest BCUT2D eigenvalue weighted by atomic mass is 32.2. The van der Waals surface area contributed by atoms with E-state index in [1.54, 1.807) is 49.4 Å². The Morgan fingerprint density at radius 1 is 1.10 bits per heavy atom. The molecule has 1 heterocycles. The van der Waals surface area contributed by atoms with Crippen LogP contribution in [0.1, 0.15) is 35.7 Å². The van der Waals surface area contributed by atoms with Crippen molar-refractivity contribution in [2.24, 2.45) is 4.99 Å². The van der Waals surface area contributed by atoms with Gasteiger partial charge in [0.15, 0.2) is 0 Å². The van der Waals surface area contributed by atoms with Gasteiger partial charge in [-0.3, -0.25) is 19.3 Å². The molecule has 1 aliphatic heterocycles. The largest absolute Gasteiger partial charge is 0.349 e. The lowest BCUT2D eigenvalue weighted by molar-refractivity contribution is -0.117. The first-order valence-corrected chi connectivity index (χ1v) is 10.7. The van der Waals surface area contributed by atoms with Crippen molar-refractivity contribution in [3.8, 4) is 0 Å². The SMILES string of the molecule is C[C@H](N=C1NS(=O)(=O)c2ccccc21)C(=O)Nc1ccc(C(=O)NC2CC2)cc1. The number of carbonyl (C=O) groups is 2. The molecule has 2 aliphatic rings. The van der Waals surface area contributed by atoms with Gasteiger partial charge in [-0.1, -0.05) is 12.1 Å². The van der Waals surface area contributed by atoms with Gasteiger partial charge in [-0.15, -0.1) is 0 Å². The highest BCUT2D eigenvalue weighted by Gasteiger charge is 2.31. The molecule has 1 aliphatic carbocycles. The van der Waals surface area contributed by atoms with Gasteiger partial charge in [0.05, 0.1) is 4.90 Å².